The molecular formula is C37H63NO5. The summed E-state index contributed by atoms with van der Waals surface area (Å²) in [7, 11) is 1.84. The number of ether oxygens (including phenoxy) is 3. The first-order chi connectivity index (χ1) is 19.9. The van der Waals surface area contributed by atoms with Crippen molar-refractivity contribution in [1.82, 2.24) is 0 Å². The van der Waals surface area contributed by atoms with Crippen molar-refractivity contribution in [2.75, 3.05) is 26.9 Å². The Labute approximate surface area is 262 Å². The van der Waals surface area contributed by atoms with E-state index in [0.29, 0.717) is 42.8 Å². The van der Waals surface area contributed by atoms with Gasteiger partial charge in [-0.3, -0.25) is 4.79 Å². The number of fused-ring (bicyclic) bond motifs is 3. The molecule has 6 nitrogen and oxygen atoms in total. The van der Waals surface area contributed by atoms with E-state index in [2.05, 4.69) is 75.3 Å². The first-order valence-electron chi connectivity index (χ1n) is 17.3. The van der Waals surface area contributed by atoms with Crippen LogP contribution in [0.3, 0.4) is 0 Å². The van der Waals surface area contributed by atoms with Crippen molar-refractivity contribution in [3.8, 4) is 0 Å². The lowest BCUT2D eigenvalue weighted by Crippen LogP contribution is -2.70. The maximum absolute atomic E-state index is 13.3. The third-order valence-corrected chi connectivity index (χ3v) is 15.3. The molecule has 0 aromatic heterocycles. The lowest BCUT2D eigenvalue weighted by molar-refractivity contribution is -0.269. The Bertz CT molecular complexity index is 1120. The summed E-state index contributed by atoms with van der Waals surface area (Å²) < 4.78 is 19.7. The van der Waals surface area contributed by atoms with Gasteiger partial charge in [0.2, 0.25) is 0 Å². The van der Waals surface area contributed by atoms with Gasteiger partial charge in [0.25, 0.3) is 0 Å². The van der Waals surface area contributed by atoms with Gasteiger partial charge in [-0.15, -0.1) is 0 Å². The maximum Gasteiger partial charge on any atom is 0.307 e. The smallest absolute Gasteiger partial charge is 0.307 e. The van der Waals surface area contributed by atoms with Gasteiger partial charge in [-0.25, -0.2) is 0 Å². The van der Waals surface area contributed by atoms with E-state index < -0.39 is 11.5 Å². The van der Waals surface area contributed by atoms with E-state index in [1.165, 1.54) is 0 Å². The molecule has 4 aliphatic carbocycles. The normalized spacial score (nSPS) is 48.0. The summed E-state index contributed by atoms with van der Waals surface area (Å²) in [5, 5.41) is 10.9. The average Bonchev–Trinajstić information content (AvgIpc) is 2.91. The van der Waals surface area contributed by atoms with Crippen molar-refractivity contribution < 1.29 is 24.1 Å². The molecule has 0 radical (unpaired) electrons. The van der Waals surface area contributed by atoms with Gasteiger partial charge in [-0.1, -0.05) is 74.0 Å². The van der Waals surface area contributed by atoms with Gasteiger partial charge < -0.3 is 25.1 Å². The molecule has 0 amide bonds. The third kappa shape index (κ3) is 4.57. The molecule has 0 aromatic carbocycles. The number of methoxy groups -OCH3 is 1. The molecule has 1 saturated heterocycles. The minimum atomic E-state index is -0.605. The van der Waals surface area contributed by atoms with E-state index in [1.807, 2.05) is 7.11 Å². The summed E-state index contributed by atoms with van der Waals surface area (Å²) in [5.74, 6) is 0.907. The number of hydrogen-bond acceptors (Lipinski definition) is 5. The van der Waals surface area contributed by atoms with Gasteiger partial charge in [0.05, 0.1) is 37.9 Å². The molecule has 4 fully saturated rings. The number of allylic oxidation sites excluding steroid dienone is 1. The van der Waals surface area contributed by atoms with Crippen LogP contribution in [0.25, 0.3) is 0 Å². The molecule has 246 valence electrons. The zero-order chi connectivity index (χ0) is 32.0. The number of carboxylic acids is 1. The first kappa shape index (κ1) is 33.4. The van der Waals surface area contributed by atoms with Crippen LogP contribution in [-0.4, -0.2) is 55.8 Å². The third-order valence-electron chi connectivity index (χ3n) is 15.3. The molecule has 1 aliphatic heterocycles. The quantitative estimate of drug-likeness (QED) is 0.283. The number of rotatable bonds is 8. The number of carbonyl (C=O) groups is 1. The van der Waals surface area contributed by atoms with Gasteiger partial charge in [-0.05, 0) is 91.3 Å². The van der Waals surface area contributed by atoms with Crippen molar-refractivity contribution in [3.63, 3.8) is 0 Å². The topological polar surface area (TPSA) is 91.0 Å². The van der Waals surface area contributed by atoms with Crippen molar-refractivity contribution in [3.05, 3.63) is 11.6 Å². The van der Waals surface area contributed by atoms with E-state index in [9.17, 15) is 9.90 Å². The van der Waals surface area contributed by atoms with Crippen molar-refractivity contribution >= 4 is 5.97 Å². The molecule has 5 aliphatic rings. The van der Waals surface area contributed by atoms with Crippen LogP contribution in [0.5, 0.6) is 0 Å². The molecule has 5 rings (SSSR count). The fourth-order valence-electron chi connectivity index (χ4n) is 11.5. The standard InChI is InChI=1S/C37H63NO5/c1-22(2)24(5)32(6)16-17-34(8)25-12-13-28-33(7)19-42-21-37(28,26(25)14-15-35(34,9)29(32)31(39)40)18-27(41-11)30(33)43-20-36(10,38)23(3)4/h14,22-25,27-30H,12-13,15-21,38H2,1-11H3,(H,39,40)/t24-,25+,27-,28+,29-,30+,32-,33+,34-,35+,36+,37+/m1/s1. The lowest BCUT2D eigenvalue weighted by atomic mass is 9.34. The van der Waals surface area contributed by atoms with E-state index in [0.717, 1.165) is 45.1 Å². The second-order valence-electron chi connectivity index (χ2n) is 17.7. The molecule has 0 unspecified atom stereocenters. The fraction of sp³-hybridized carbons (Fsp3) is 0.919. The van der Waals surface area contributed by atoms with Crippen LogP contribution in [-0.2, 0) is 19.0 Å². The first-order valence-corrected chi connectivity index (χ1v) is 17.3. The molecule has 6 heteroatoms. The highest BCUT2D eigenvalue weighted by Gasteiger charge is 2.71. The molecule has 2 bridgehead atoms. The predicted octanol–water partition coefficient (Wildman–Crippen LogP) is 7.35. The molecule has 0 aromatic rings. The zero-order valence-corrected chi connectivity index (χ0v) is 29.2. The second kappa shape index (κ2) is 10.8. The van der Waals surface area contributed by atoms with Crippen LogP contribution in [0.15, 0.2) is 11.6 Å². The Morgan fingerprint density at radius 1 is 1.09 bits per heavy atom. The Balaban J connectivity index is 1.55. The van der Waals surface area contributed by atoms with Gasteiger partial charge in [0, 0.05) is 23.5 Å². The fourth-order valence-corrected chi connectivity index (χ4v) is 11.5. The largest absolute Gasteiger partial charge is 0.481 e. The molecule has 3 N–H and O–H groups in total. The summed E-state index contributed by atoms with van der Waals surface area (Å²) in [4.78, 5) is 13.3. The summed E-state index contributed by atoms with van der Waals surface area (Å²) in [6.45, 7) is 24.5. The molecule has 0 spiro atoms. The van der Waals surface area contributed by atoms with Crippen LogP contribution >= 0.6 is 0 Å². The van der Waals surface area contributed by atoms with Crippen molar-refractivity contribution in [2.45, 2.75) is 126 Å². The number of carboxylic acid groups (broad SMARTS) is 1. The summed E-state index contributed by atoms with van der Waals surface area (Å²) >= 11 is 0. The minimum Gasteiger partial charge on any atom is -0.481 e. The van der Waals surface area contributed by atoms with E-state index >= 15 is 0 Å². The second-order valence-corrected chi connectivity index (χ2v) is 17.7. The van der Waals surface area contributed by atoms with Crippen LogP contribution in [0.4, 0.5) is 0 Å². The van der Waals surface area contributed by atoms with Crippen LogP contribution in [0, 0.1) is 62.6 Å². The minimum absolute atomic E-state index is 0.0396. The molecule has 43 heavy (non-hydrogen) atoms. The van der Waals surface area contributed by atoms with Gasteiger partial charge in [0.1, 0.15) is 0 Å². The van der Waals surface area contributed by atoms with Crippen molar-refractivity contribution in [1.29, 1.82) is 0 Å². The molecular weight excluding hydrogens is 538 g/mol. The Morgan fingerprint density at radius 2 is 1.77 bits per heavy atom. The summed E-state index contributed by atoms with van der Waals surface area (Å²) in [6.07, 6.45) is 8.36. The maximum atomic E-state index is 13.3. The lowest BCUT2D eigenvalue weighted by Gasteiger charge is -2.71. The highest BCUT2D eigenvalue weighted by molar-refractivity contribution is 5.73. The molecule has 12 atom stereocenters. The number of nitrogens with two attached hydrogens (primary N) is 1. The Hall–Kier alpha value is -0.950. The van der Waals surface area contributed by atoms with E-state index in [1.54, 1.807) is 5.57 Å². The highest BCUT2D eigenvalue weighted by Crippen LogP contribution is 2.75. The van der Waals surface area contributed by atoms with Crippen molar-refractivity contribution in [2.24, 2.45) is 68.3 Å². The summed E-state index contributed by atoms with van der Waals surface area (Å²) in [6, 6.07) is 0. The van der Waals surface area contributed by atoms with E-state index in [4.69, 9.17) is 19.9 Å². The SMILES string of the molecule is CO[C@@H]1C[C@@]23COC[C@@](C)([C@@H]2CC[C@H]2C3=CC[C@@]3(C)[C@H](C(=O)O)[C@@](C)([C@H](C)C(C)C)CC[C@]23C)[C@H]1OC[C@](C)(N)C(C)C. The number of aliphatic carboxylic acids is 1. The monoisotopic (exact) mass is 601 g/mol. The molecule has 1 heterocycles. The van der Waals surface area contributed by atoms with Gasteiger partial charge in [0.15, 0.2) is 0 Å². The highest BCUT2D eigenvalue weighted by atomic mass is 16.5. The summed E-state index contributed by atoms with van der Waals surface area (Å²) in [5.41, 5.74) is 6.91. The molecule has 3 saturated carbocycles. The van der Waals surface area contributed by atoms with Crippen LogP contribution in [0.1, 0.15) is 108 Å². The Kier molecular flexibility index (Phi) is 8.40. The predicted molar refractivity (Wildman–Crippen MR) is 172 cm³/mol. The number of hydrogen-bond donors (Lipinski definition) is 2. The Morgan fingerprint density at radius 3 is 2.35 bits per heavy atom. The zero-order valence-electron chi connectivity index (χ0n) is 29.2. The van der Waals surface area contributed by atoms with Gasteiger partial charge >= 0.3 is 5.97 Å². The van der Waals surface area contributed by atoms with Gasteiger partial charge in [-0.2, -0.15) is 0 Å². The average molecular weight is 602 g/mol. The van der Waals surface area contributed by atoms with E-state index in [-0.39, 0.29) is 45.2 Å². The van der Waals surface area contributed by atoms with Crippen LogP contribution in [0.2, 0.25) is 0 Å². The van der Waals surface area contributed by atoms with Crippen LogP contribution < -0.4 is 5.73 Å².